The second kappa shape index (κ2) is 4.61. The Balaban J connectivity index is 2.30. The number of carbonyl (C=O) groups is 1. The molecular weight excluding hydrogens is 216 g/mol. The van der Waals surface area contributed by atoms with Crippen LogP contribution in [0.2, 0.25) is 0 Å². The minimum absolute atomic E-state index is 0.0787. The number of amides is 1. The fraction of sp³-hybridized carbons (Fsp3) is 0.500. The first-order valence-electron chi connectivity index (χ1n) is 5.90. The molecule has 1 fully saturated rings. The number of hydrogen-bond acceptors (Lipinski definition) is 4. The summed E-state index contributed by atoms with van der Waals surface area (Å²) in [6.45, 7) is 5.42. The molecule has 0 bridgehead atoms. The smallest absolute Gasteiger partial charge is 0.242 e. The second-order valence-electron chi connectivity index (χ2n) is 4.31. The first-order valence-corrected chi connectivity index (χ1v) is 5.90. The van der Waals surface area contributed by atoms with Crippen molar-refractivity contribution in [2.24, 2.45) is 0 Å². The van der Waals surface area contributed by atoms with E-state index in [9.17, 15) is 4.79 Å². The molecule has 1 aromatic heterocycles. The lowest BCUT2D eigenvalue weighted by Crippen LogP contribution is -2.55. The van der Waals surface area contributed by atoms with Crippen LogP contribution in [0.15, 0.2) is 12.3 Å². The molecule has 0 spiro atoms. The number of nitrogens with zero attached hydrogens (tertiary/aromatic N) is 2. The van der Waals surface area contributed by atoms with Crippen LogP contribution in [0.3, 0.4) is 0 Å². The summed E-state index contributed by atoms with van der Waals surface area (Å²) >= 11 is 0. The van der Waals surface area contributed by atoms with E-state index in [4.69, 9.17) is 5.73 Å². The van der Waals surface area contributed by atoms with E-state index in [0.29, 0.717) is 12.2 Å². The number of piperazine rings is 1. The van der Waals surface area contributed by atoms with E-state index >= 15 is 0 Å². The Morgan fingerprint density at radius 1 is 1.65 bits per heavy atom. The van der Waals surface area contributed by atoms with E-state index in [1.54, 1.807) is 6.20 Å². The summed E-state index contributed by atoms with van der Waals surface area (Å²) in [5.74, 6) is 0.911. The van der Waals surface area contributed by atoms with Gasteiger partial charge in [0.15, 0.2) is 0 Å². The first-order chi connectivity index (χ1) is 8.13. The average Bonchev–Trinajstić information content (AvgIpc) is 2.32. The predicted octanol–water partition coefficient (Wildman–Crippen LogP) is 0.687. The number of anilines is 2. The van der Waals surface area contributed by atoms with Crippen LogP contribution in [-0.2, 0) is 4.79 Å². The van der Waals surface area contributed by atoms with Crippen LogP contribution in [0.4, 0.5) is 11.5 Å². The molecule has 0 saturated carbocycles. The van der Waals surface area contributed by atoms with Gasteiger partial charge in [0.1, 0.15) is 11.9 Å². The third-order valence-electron chi connectivity index (χ3n) is 3.15. The Labute approximate surface area is 101 Å². The first kappa shape index (κ1) is 11.7. The summed E-state index contributed by atoms with van der Waals surface area (Å²) < 4.78 is 0. The molecule has 3 N–H and O–H groups in total. The summed E-state index contributed by atoms with van der Waals surface area (Å²) in [5, 5.41) is 2.88. The molecular formula is C12H18N4O. The van der Waals surface area contributed by atoms with Gasteiger partial charge in [-0.15, -0.1) is 0 Å². The Morgan fingerprint density at radius 3 is 3.06 bits per heavy atom. The monoisotopic (exact) mass is 234 g/mol. The lowest BCUT2D eigenvalue weighted by molar-refractivity contribution is -0.123. The molecule has 1 amide bonds. The largest absolute Gasteiger partial charge is 0.397 e. The van der Waals surface area contributed by atoms with E-state index in [1.165, 1.54) is 0 Å². The summed E-state index contributed by atoms with van der Waals surface area (Å²) in [4.78, 5) is 18.1. The highest BCUT2D eigenvalue weighted by Gasteiger charge is 2.28. The molecule has 1 aliphatic heterocycles. The van der Waals surface area contributed by atoms with Crippen molar-refractivity contribution < 1.29 is 4.79 Å². The van der Waals surface area contributed by atoms with Crippen molar-refractivity contribution in [3.05, 3.63) is 17.8 Å². The zero-order valence-electron chi connectivity index (χ0n) is 10.2. The van der Waals surface area contributed by atoms with Crippen molar-refractivity contribution in [2.45, 2.75) is 26.3 Å². The molecule has 92 valence electrons. The molecule has 0 radical (unpaired) electrons. The molecule has 1 saturated heterocycles. The highest BCUT2D eigenvalue weighted by molar-refractivity contribution is 5.86. The van der Waals surface area contributed by atoms with Gasteiger partial charge in [0.25, 0.3) is 0 Å². The average molecular weight is 234 g/mol. The summed E-state index contributed by atoms with van der Waals surface area (Å²) in [6, 6.07) is 1.82. The van der Waals surface area contributed by atoms with Crippen molar-refractivity contribution in [3.63, 3.8) is 0 Å². The van der Waals surface area contributed by atoms with Gasteiger partial charge < -0.3 is 16.0 Å². The lowest BCUT2D eigenvalue weighted by atomic mass is 10.1. The number of nitrogens with one attached hydrogen (secondary N) is 1. The van der Waals surface area contributed by atoms with E-state index in [-0.39, 0.29) is 11.9 Å². The third-order valence-corrected chi connectivity index (χ3v) is 3.15. The number of carbonyl (C=O) groups excluding carboxylic acids is 1. The molecule has 5 heteroatoms. The fourth-order valence-corrected chi connectivity index (χ4v) is 2.10. The van der Waals surface area contributed by atoms with Crippen molar-refractivity contribution in [1.29, 1.82) is 0 Å². The molecule has 0 aromatic carbocycles. The molecule has 1 aliphatic rings. The number of pyridine rings is 1. The standard InChI is InChI=1S/C12H18N4O/c1-3-10-12(17)14-4-5-16(10)11-6-8(2)9(13)7-15-11/h6-7,10H,3-5,13H2,1-2H3,(H,14,17). The van der Waals surface area contributed by atoms with Gasteiger partial charge in [0, 0.05) is 13.1 Å². The zero-order valence-corrected chi connectivity index (χ0v) is 10.2. The molecule has 1 unspecified atom stereocenters. The van der Waals surface area contributed by atoms with Crippen LogP contribution in [-0.4, -0.2) is 30.0 Å². The van der Waals surface area contributed by atoms with E-state index in [0.717, 1.165) is 24.3 Å². The molecule has 2 rings (SSSR count). The number of nitrogens with two attached hydrogens (primary N) is 1. The van der Waals surface area contributed by atoms with Crippen molar-refractivity contribution in [1.82, 2.24) is 10.3 Å². The number of nitrogen functional groups attached to an aromatic ring is 1. The van der Waals surface area contributed by atoms with Gasteiger partial charge in [-0.1, -0.05) is 6.92 Å². The van der Waals surface area contributed by atoms with Crippen LogP contribution >= 0.6 is 0 Å². The van der Waals surface area contributed by atoms with Gasteiger partial charge >= 0.3 is 0 Å². The van der Waals surface area contributed by atoms with Gasteiger partial charge in [0.05, 0.1) is 11.9 Å². The Kier molecular flexibility index (Phi) is 3.17. The van der Waals surface area contributed by atoms with Crippen LogP contribution < -0.4 is 16.0 Å². The lowest BCUT2D eigenvalue weighted by Gasteiger charge is -2.35. The van der Waals surface area contributed by atoms with E-state index in [2.05, 4.69) is 10.3 Å². The van der Waals surface area contributed by atoms with Crippen molar-refractivity contribution in [2.75, 3.05) is 23.7 Å². The maximum atomic E-state index is 11.8. The van der Waals surface area contributed by atoms with Crippen molar-refractivity contribution in [3.8, 4) is 0 Å². The van der Waals surface area contributed by atoms with Gasteiger partial charge in [-0.2, -0.15) is 0 Å². The third kappa shape index (κ3) is 2.18. The van der Waals surface area contributed by atoms with Crippen LogP contribution in [0.25, 0.3) is 0 Å². The van der Waals surface area contributed by atoms with E-state index in [1.807, 2.05) is 24.8 Å². The molecule has 5 nitrogen and oxygen atoms in total. The maximum Gasteiger partial charge on any atom is 0.242 e. The van der Waals surface area contributed by atoms with E-state index < -0.39 is 0 Å². The molecule has 2 heterocycles. The summed E-state index contributed by atoms with van der Waals surface area (Å²) in [5.41, 5.74) is 7.43. The number of rotatable bonds is 2. The van der Waals surface area contributed by atoms with Crippen LogP contribution in [0.1, 0.15) is 18.9 Å². The predicted molar refractivity (Wildman–Crippen MR) is 67.8 cm³/mol. The summed E-state index contributed by atoms with van der Waals surface area (Å²) in [7, 11) is 0. The molecule has 1 aromatic rings. The van der Waals surface area contributed by atoms with Gasteiger partial charge in [-0.25, -0.2) is 4.98 Å². The highest BCUT2D eigenvalue weighted by Crippen LogP contribution is 2.21. The van der Waals surface area contributed by atoms with Crippen LogP contribution in [0.5, 0.6) is 0 Å². The number of hydrogen-bond donors (Lipinski definition) is 2. The Morgan fingerprint density at radius 2 is 2.41 bits per heavy atom. The fourth-order valence-electron chi connectivity index (χ4n) is 2.10. The SMILES string of the molecule is CCC1C(=O)NCCN1c1cc(C)c(N)cn1. The molecule has 0 aliphatic carbocycles. The minimum atomic E-state index is -0.126. The Hall–Kier alpha value is -1.78. The topological polar surface area (TPSA) is 71.2 Å². The van der Waals surface area contributed by atoms with Gasteiger partial charge in [-0.05, 0) is 25.0 Å². The van der Waals surface area contributed by atoms with Gasteiger partial charge in [-0.3, -0.25) is 4.79 Å². The number of aromatic nitrogens is 1. The minimum Gasteiger partial charge on any atom is -0.397 e. The molecule has 1 atom stereocenters. The normalized spacial score (nSPS) is 20.2. The highest BCUT2D eigenvalue weighted by atomic mass is 16.2. The molecule has 17 heavy (non-hydrogen) atoms. The number of aryl methyl sites for hydroxylation is 1. The second-order valence-corrected chi connectivity index (χ2v) is 4.31. The Bertz CT molecular complexity index is 433. The zero-order chi connectivity index (χ0) is 12.4. The van der Waals surface area contributed by atoms with Crippen molar-refractivity contribution >= 4 is 17.4 Å². The summed E-state index contributed by atoms with van der Waals surface area (Å²) in [6.07, 6.45) is 2.43. The van der Waals surface area contributed by atoms with Crippen LogP contribution in [0, 0.1) is 6.92 Å². The van der Waals surface area contributed by atoms with Gasteiger partial charge in [0.2, 0.25) is 5.91 Å². The maximum absolute atomic E-state index is 11.8. The quantitative estimate of drug-likeness (QED) is 0.789.